The van der Waals surface area contributed by atoms with E-state index in [1.54, 1.807) is 6.26 Å². The van der Waals surface area contributed by atoms with E-state index in [1.165, 1.54) is 5.56 Å². The zero-order valence-electron chi connectivity index (χ0n) is 21.7. The van der Waals surface area contributed by atoms with Gasteiger partial charge in [0, 0.05) is 32.1 Å². The summed E-state index contributed by atoms with van der Waals surface area (Å²) in [6, 6.07) is 4.28. The van der Waals surface area contributed by atoms with E-state index in [4.69, 9.17) is 9.47 Å². The van der Waals surface area contributed by atoms with Crippen LogP contribution in [0, 0.1) is 11.3 Å². The Balaban J connectivity index is 1.38. The molecule has 6 heterocycles. The third-order valence-electron chi connectivity index (χ3n) is 11.2. The van der Waals surface area contributed by atoms with Crippen LogP contribution in [0.4, 0.5) is 5.69 Å². The predicted octanol–water partition coefficient (Wildman–Crippen LogP) is 3.27. The van der Waals surface area contributed by atoms with Crippen molar-refractivity contribution in [3.05, 3.63) is 30.0 Å². The maximum atomic E-state index is 14.0. The number of aliphatic hydroxyl groups is 1. The van der Waals surface area contributed by atoms with Crippen LogP contribution in [0.1, 0.15) is 59.4 Å². The summed E-state index contributed by atoms with van der Waals surface area (Å²) in [6.07, 6.45) is 5.94. The van der Waals surface area contributed by atoms with Crippen LogP contribution < -0.4 is 14.8 Å². The van der Waals surface area contributed by atoms with Gasteiger partial charge in [-0.1, -0.05) is 19.9 Å². The van der Waals surface area contributed by atoms with Crippen molar-refractivity contribution in [1.29, 1.82) is 0 Å². The Morgan fingerprint density at radius 3 is 2.71 bits per heavy atom. The molecule has 35 heavy (non-hydrogen) atoms. The quantitative estimate of drug-likeness (QED) is 0.595. The van der Waals surface area contributed by atoms with Gasteiger partial charge in [-0.3, -0.25) is 9.69 Å². The van der Waals surface area contributed by atoms with Crippen molar-refractivity contribution >= 4 is 11.6 Å². The minimum Gasteiger partial charge on any atom is -0.480 e. The number of carbonyl (C=O) groups is 1. The second kappa shape index (κ2) is 6.00. The molecular weight excluding hydrogens is 442 g/mol. The highest BCUT2D eigenvalue weighted by Gasteiger charge is 2.80. The van der Waals surface area contributed by atoms with Gasteiger partial charge in [0.1, 0.15) is 11.1 Å². The van der Waals surface area contributed by atoms with E-state index < -0.39 is 16.7 Å². The van der Waals surface area contributed by atoms with Gasteiger partial charge in [0.05, 0.1) is 23.1 Å². The highest BCUT2D eigenvalue weighted by Crippen LogP contribution is 2.72. The average Bonchev–Trinajstić information content (AvgIpc) is 3.29. The molecule has 0 radical (unpaired) electrons. The van der Waals surface area contributed by atoms with Gasteiger partial charge in [-0.2, -0.15) is 0 Å². The van der Waals surface area contributed by atoms with Crippen LogP contribution in [-0.4, -0.2) is 69.8 Å². The van der Waals surface area contributed by atoms with Crippen LogP contribution in [0.2, 0.25) is 0 Å². The molecule has 5 fully saturated rings. The number of amides is 1. The highest BCUT2D eigenvalue weighted by molar-refractivity contribution is 5.92. The molecule has 0 aromatic heterocycles. The molecule has 1 saturated carbocycles. The molecule has 8 rings (SSSR count). The van der Waals surface area contributed by atoms with Gasteiger partial charge in [-0.15, -0.1) is 0 Å². The fourth-order valence-corrected chi connectivity index (χ4v) is 9.15. The monoisotopic (exact) mass is 479 g/mol. The Morgan fingerprint density at radius 1 is 1.17 bits per heavy atom. The van der Waals surface area contributed by atoms with Crippen LogP contribution in [0.15, 0.2) is 24.5 Å². The van der Waals surface area contributed by atoms with Crippen LogP contribution in [-0.2, 0) is 10.2 Å². The lowest BCUT2D eigenvalue weighted by Gasteiger charge is -2.65. The number of fused-ring (bicyclic) bond motifs is 5. The smallest absolute Gasteiger partial charge is 0.246 e. The third kappa shape index (κ3) is 2.21. The van der Waals surface area contributed by atoms with Gasteiger partial charge in [0.2, 0.25) is 5.91 Å². The second-order valence-corrected chi connectivity index (χ2v) is 13.3. The Hall–Kier alpha value is -2.25. The highest BCUT2D eigenvalue weighted by atomic mass is 16.5. The van der Waals surface area contributed by atoms with Crippen molar-refractivity contribution < 1.29 is 19.4 Å². The summed E-state index contributed by atoms with van der Waals surface area (Å²) in [5.74, 6) is 1.88. The largest absolute Gasteiger partial charge is 0.480 e. The Kier molecular flexibility index (Phi) is 3.77. The molecule has 0 unspecified atom stereocenters. The van der Waals surface area contributed by atoms with Gasteiger partial charge in [0.25, 0.3) is 0 Å². The number of benzene rings is 1. The molecule has 7 aliphatic rings. The number of rotatable bonds is 0. The molecule has 188 valence electrons. The first-order valence-corrected chi connectivity index (χ1v) is 13.0. The van der Waals surface area contributed by atoms with Crippen LogP contribution in [0.5, 0.6) is 11.5 Å². The van der Waals surface area contributed by atoms with Crippen LogP contribution in [0.3, 0.4) is 0 Å². The minimum atomic E-state index is -1.01. The maximum Gasteiger partial charge on any atom is 0.246 e. The zero-order valence-corrected chi connectivity index (χ0v) is 21.7. The lowest BCUT2D eigenvalue weighted by atomic mass is 9.55. The summed E-state index contributed by atoms with van der Waals surface area (Å²) in [5, 5.41) is 15.2. The van der Waals surface area contributed by atoms with Crippen molar-refractivity contribution in [3.8, 4) is 11.5 Å². The fraction of sp³-hybridized carbons (Fsp3) is 0.679. The van der Waals surface area contributed by atoms with Crippen molar-refractivity contribution in [2.45, 2.75) is 81.6 Å². The van der Waals surface area contributed by atoms with Gasteiger partial charge >= 0.3 is 0 Å². The number of hydrogen-bond acceptors (Lipinski definition) is 6. The lowest BCUT2D eigenvalue weighted by Crippen LogP contribution is -2.82. The van der Waals surface area contributed by atoms with Crippen molar-refractivity contribution in [2.24, 2.45) is 11.3 Å². The third-order valence-corrected chi connectivity index (χ3v) is 11.2. The Labute approximate surface area is 207 Å². The summed E-state index contributed by atoms with van der Waals surface area (Å²) >= 11 is 0. The number of ether oxygens (including phenoxy) is 2. The van der Waals surface area contributed by atoms with E-state index in [9.17, 15) is 9.90 Å². The van der Waals surface area contributed by atoms with Gasteiger partial charge in [0.15, 0.2) is 11.5 Å². The minimum absolute atomic E-state index is 0.104. The SMILES string of the molecule is CN1C(=O)[C@]23C[C@H]4C(C)(C)[C@]5(CNc6c5ccc5c6OC=CC(C)(C)O5)C[C@@]41CN2CC[C@@]3(C)O. The van der Waals surface area contributed by atoms with E-state index in [0.717, 1.165) is 43.2 Å². The zero-order chi connectivity index (χ0) is 24.8. The molecule has 6 aliphatic heterocycles. The summed E-state index contributed by atoms with van der Waals surface area (Å²) in [4.78, 5) is 18.3. The molecule has 7 heteroatoms. The number of anilines is 1. The molecular formula is C28H37N3O4. The molecule has 3 spiro atoms. The number of piperidine rings is 2. The van der Waals surface area contributed by atoms with E-state index >= 15 is 0 Å². The van der Waals surface area contributed by atoms with Gasteiger partial charge < -0.3 is 24.8 Å². The van der Waals surface area contributed by atoms with E-state index in [0.29, 0.717) is 12.8 Å². The number of likely N-dealkylation sites (N-methyl/N-ethyl adjacent to an activating group) is 1. The Bertz CT molecular complexity index is 1200. The van der Waals surface area contributed by atoms with Gasteiger partial charge in [-0.05, 0) is 69.1 Å². The predicted molar refractivity (Wildman–Crippen MR) is 133 cm³/mol. The molecule has 7 nitrogen and oxygen atoms in total. The first-order valence-electron chi connectivity index (χ1n) is 13.0. The molecule has 4 saturated heterocycles. The normalized spacial score (nSPS) is 43.7. The van der Waals surface area contributed by atoms with Crippen molar-refractivity contribution in [3.63, 3.8) is 0 Å². The van der Waals surface area contributed by atoms with Crippen molar-refractivity contribution in [2.75, 3.05) is 32.0 Å². The summed E-state index contributed by atoms with van der Waals surface area (Å²) < 4.78 is 12.4. The summed E-state index contributed by atoms with van der Waals surface area (Å²) in [6.45, 7) is 13.1. The summed E-state index contributed by atoms with van der Waals surface area (Å²) in [5.41, 5.74) is -0.511. The number of hydrogen-bond donors (Lipinski definition) is 2. The van der Waals surface area contributed by atoms with Crippen LogP contribution in [0.25, 0.3) is 0 Å². The first kappa shape index (κ1) is 22.0. The van der Waals surface area contributed by atoms with E-state index in [-0.39, 0.29) is 28.2 Å². The number of nitrogens with zero attached hydrogens (tertiary/aromatic N) is 2. The second-order valence-electron chi connectivity index (χ2n) is 13.3. The van der Waals surface area contributed by atoms with Gasteiger partial charge in [-0.25, -0.2) is 0 Å². The number of carbonyl (C=O) groups excluding carboxylic acids is 1. The van der Waals surface area contributed by atoms with Crippen LogP contribution >= 0.6 is 0 Å². The number of nitrogens with one attached hydrogen (secondary N) is 1. The number of piperazine rings is 1. The summed E-state index contributed by atoms with van der Waals surface area (Å²) in [7, 11) is 1.99. The molecule has 1 aliphatic carbocycles. The molecule has 1 aromatic carbocycles. The molecule has 1 amide bonds. The standard InChI is InChI=1S/C28H37N3O4/c1-23(2)10-12-34-21-18(35-23)8-7-17-20(21)29-15-26(17)14-27-16-31-11-9-25(5,33)28(31,22(32)30(27)6)13-19(27)24(26,3)4/h7-8,10,12,19,29,33H,9,11,13-16H2,1-6H3/t19-,25+,26-,27+,28-/m0/s1. The topological polar surface area (TPSA) is 74.3 Å². The molecule has 2 bridgehead atoms. The van der Waals surface area contributed by atoms with Crippen molar-refractivity contribution in [1.82, 2.24) is 9.80 Å². The van der Waals surface area contributed by atoms with E-state index in [2.05, 4.69) is 36.2 Å². The maximum absolute atomic E-state index is 14.0. The fourth-order valence-electron chi connectivity index (χ4n) is 9.15. The Morgan fingerprint density at radius 2 is 1.94 bits per heavy atom. The molecule has 5 atom stereocenters. The molecule has 2 N–H and O–H groups in total. The first-order chi connectivity index (χ1) is 16.3. The average molecular weight is 480 g/mol. The van der Waals surface area contributed by atoms with E-state index in [1.807, 2.05) is 38.8 Å². The lowest BCUT2D eigenvalue weighted by molar-refractivity contribution is -0.206. The molecule has 1 aromatic rings.